The lowest BCUT2D eigenvalue weighted by atomic mass is 10.0. The first kappa shape index (κ1) is 15.9. The van der Waals surface area contributed by atoms with E-state index in [1.165, 1.54) is 32.5 Å². The summed E-state index contributed by atoms with van der Waals surface area (Å²) in [7, 11) is 4.41. The minimum Gasteiger partial charge on any atom is -0.312 e. The predicted octanol–water partition coefficient (Wildman–Crippen LogP) is 2.04. The highest BCUT2D eigenvalue weighted by atomic mass is 15.2. The van der Waals surface area contributed by atoms with Crippen molar-refractivity contribution < 1.29 is 0 Å². The summed E-state index contributed by atoms with van der Waals surface area (Å²) >= 11 is 0. The lowest BCUT2D eigenvalue weighted by molar-refractivity contribution is 0.119. The van der Waals surface area contributed by atoms with Crippen LogP contribution in [-0.2, 0) is 0 Å². The summed E-state index contributed by atoms with van der Waals surface area (Å²) in [5.41, 5.74) is 0.238. The molecule has 3 nitrogen and oxygen atoms in total. The van der Waals surface area contributed by atoms with E-state index >= 15 is 0 Å². The van der Waals surface area contributed by atoms with Crippen LogP contribution >= 0.6 is 0 Å². The first-order chi connectivity index (χ1) is 8.28. The summed E-state index contributed by atoms with van der Waals surface area (Å²) in [6.45, 7) is 13.9. The van der Waals surface area contributed by atoms with Crippen LogP contribution < -0.4 is 5.32 Å². The SMILES string of the molecule is CC(CNC(C)(C)C)CN1CCCC(N(C)C)C1. The van der Waals surface area contributed by atoms with Crippen LogP contribution in [0.4, 0.5) is 0 Å². The summed E-state index contributed by atoms with van der Waals surface area (Å²) in [5, 5.41) is 3.61. The first-order valence-corrected chi connectivity index (χ1v) is 7.42. The maximum absolute atomic E-state index is 3.61. The monoisotopic (exact) mass is 255 g/mol. The molecule has 2 atom stereocenters. The van der Waals surface area contributed by atoms with Gasteiger partial charge in [0.1, 0.15) is 0 Å². The summed E-state index contributed by atoms with van der Waals surface area (Å²) in [6, 6.07) is 0.751. The molecule has 0 aliphatic carbocycles. The van der Waals surface area contributed by atoms with Gasteiger partial charge >= 0.3 is 0 Å². The number of likely N-dealkylation sites (tertiary alicyclic amines) is 1. The molecule has 1 fully saturated rings. The second kappa shape index (κ2) is 6.88. The van der Waals surface area contributed by atoms with E-state index in [4.69, 9.17) is 0 Å². The van der Waals surface area contributed by atoms with Crippen molar-refractivity contribution in [3.8, 4) is 0 Å². The van der Waals surface area contributed by atoms with Gasteiger partial charge in [0.15, 0.2) is 0 Å². The van der Waals surface area contributed by atoms with Gasteiger partial charge in [-0.05, 0) is 66.7 Å². The van der Waals surface area contributed by atoms with Gasteiger partial charge in [0, 0.05) is 24.7 Å². The number of hydrogen-bond donors (Lipinski definition) is 1. The minimum atomic E-state index is 0.238. The molecule has 0 radical (unpaired) electrons. The molecule has 0 spiro atoms. The Labute approximate surface area is 114 Å². The highest BCUT2D eigenvalue weighted by Gasteiger charge is 2.22. The van der Waals surface area contributed by atoms with Crippen molar-refractivity contribution in [3.05, 3.63) is 0 Å². The highest BCUT2D eigenvalue weighted by molar-refractivity contribution is 4.80. The number of likely N-dealkylation sites (N-methyl/N-ethyl adjacent to an activating group) is 1. The summed E-state index contributed by atoms with van der Waals surface area (Å²) in [4.78, 5) is 5.02. The van der Waals surface area contributed by atoms with Gasteiger partial charge in [0.05, 0.1) is 0 Å². The molecule has 1 rings (SSSR count). The van der Waals surface area contributed by atoms with Crippen molar-refractivity contribution in [2.24, 2.45) is 5.92 Å². The zero-order valence-electron chi connectivity index (χ0n) is 13.3. The van der Waals surface area contributed by atoms with Crippen LogP contribution in [0, 0.1) is 5.92 Å². The molecular weight excluding hydrogens is 222 g/mol. The Morgan fingerprint density at radius 1 is 1.33 bits per heavy atom. The lowest BCUT2D eigenvalue weighted by Gasteiger charge is -2.37. The highest BCUT2D eigenvalue weighted by Crippen LogP contribution is 2.15. The van der Waals surface area contributed by atoms with Gasteiger partial charge in [-0.1, -0.05) is 6.92 Å². The maximum Gasteiger partial charge on any atom is 0.0217 e. The molecule has 0 bridgehead atoms. The van der Waals surface area contributed by atoms with Crippen molar-refractivity contribution in [3.63, 3.8) is 0 Å². The normalized spacial score (nSPS) is 24.5. The third kappa shape index (κ3) is 6.17. The Balaban J connectivity index is 2.29. The van der Waals surface area contributed by atoms with Crippen molar-refractivity contribution in [1.29, 1.82) is 0 Å². The summed E-state index contributed by atoms with van der Waals surface area (Å²) < 4.78 is 0. The van der Waals surface area contributed by atoms with Crippen LogP contribution in [0.25, 0.3) is 0 Å². The second-order valence-electron chi connectivity index (χ2n) is 7.26. The van der Waals surface area contributed by atoms with E-state index in [1.54, 1.807) is 0 Å². The molecule has 1 aliphatic heterocycles. The first-order valence-electron chi connectivity index (χ1n) is 7.42. The average molecular weight is 255 g/mol. The molecule has 0 aromatic heterocycles. The molecule has 0 saturated carbocycles. The number of nitrogens with zero attached hydrogens (tertiary/aromatic N) is 2. The zero-order chi connectivity index (χ0) is 13.8. The second-order valence-corrected chi connectivity index (χ2v) is 7.26. The average Bonchev–Trinajstić information content (AvgIpc) is 2.26. The topological polar surface area (TPSA) is 18.5 Å². The number of nitrogens with one attached hydrogen (secondary N) is 1. The van der Waals surface area contributed by atoms with Gasteiger partial charge in [-0.2, -0.15) is 0 Å². The van der Waals surface area contributed by atoms with E-state index in [2.05, 4.69) is 56.9 Å². The zero-order valence-corrected chi connectivity index (χ0v) is 13.3. The van der Waals surface area contributed by atoms with Gasteiger partial charge in [0.2, 0.25) is 0 Å². The maximum atomic E-state index is 3.61. The summed E-state index contributed by atoms with van der Waals surface area (Å²) in [5.74, 6) is 0.727. The third-order valence-electron chi connectivity index (χ3n) is 3.76. The molecule has 1 saturated heterocycles. The number of hydrogen-bond acceptors (Lipinski definition) is 3. The molecule has 0 aromatic carbocycles. The molecule has 3 heteroatoms. The van der Waals surface area contributed by atoms with Gasteiger partial charge in [-0.15, -0.1) is 0 Å². The van der Waals surface area contributed by atoms with E-state index in [0.717, 1.165) is 18.5 Å². The van der Waals surface area contributed by atoms with E-state index in [1.807, 2.05) is 0 Å². The molecule has 1 heterocycles. The molecule has 18 heavy (non-hydrogen) atoms. The van der Waals surface area contributed by atoms with Crippen LogP contribution in [-0.4, -0.2) is 61.7 Å². The Morgan fingerprint density at radius 2 is 2.00 bits per heavy atom. The molecule has 2 unspecified atom stereocenters. The van der Waals surface area contributed by atoms with E-state index in [9.17, 15) is 0 Å². The van der Waals surface area contributed by atoms with Crippen LogP contribution in [0.1, 0.15) is 40.5 Å². The van der Waals surface area contributed by atoms with Crippen molar-refractivity contribution in [2.75, 3.05) is 40.3 Å². The molecule has 1 N–H and O–H groups in total. The fourth-order valence-corrected chi connectivity index (χ4v) is 2.60. The van der Waals surface area contributed by atoms with Gasteiger partial charge in [0.25, 0.3) is 0 Å². The minimum absolute atomic E-state index is 0.238. The predicted molar refractivity (Wildman–Crippen MR) is 80.1 cm³/mol. The fraction of sp³-hybridized carbons (Fsp3) is 1.00. The molecule has 0 aromatic rings. The van der Waals surface area contributed by atoms with Crippen molar-refractivity contribution in [2.45, 2.75) is 52.1 Å². The van der Waals surface area contributed by atoms with Crippen LogP contribution in [0.2, 0.25) is 0 Å². The van der Waals surface area contributed by atoms with E-state index in [0.29, 0.717) is 0 Å². The lowest BCUT2D eigenvalue weighted by Crippen LogP contribution is -2.48. The molecule has 0 amide bonds. The van der Waals surface area contributed by atoms with Crippen molar-refractivity contribution in [1.82, 2.24) is 15.1 Å². The Kier molecular flexibility index (Phi) is 6.09. The van der Waals surface area contributed by atoms with Crippen LogP contribution in [0.3, 0.4) is 0 Å². The quantitative estimate of drug-likeness (QED) is 0.811. The number of piperidine rings is 1. The molecular formula is C15H33N3. The van der Waals surface area contributed by atoms with E-state index in [-0.39, 0.29) is 5.54 Å². The Bertz CT molecular complexity index is 232. The van der Waals surface area contributed by atoms with Crippen LogP contribution in [0.15, 0.2) is 0 Å². The summed E-state index contributed by atoms with van der Waals surface area (Å²) in [6.07, 6.45) is 2.71. The third-order valence-corrected chi connectivity index (χ3v) is 3.76. The number of rotatable bonds is 5. The van der Waals surface area contributed by atoms with Gasteiger partial charge < -0.3 is 15.1 Å². The molecule has 1 aliphatic rings. The fourth-order valence-electron chi connectivity index (χ4n) is 2.60. The smallest absolute Gasteiger partial charge is 0.0217 e. The largest absolute Gasteiger partial charge is 0.312 e. The Hall–Kier alpha value is -0.120. The standard InChI is InChI=1S/C15H33N3/c1-13(10-16-15(2,3)4)11-18-9-7-8-14(12-18)17(5)6/h13-14,16H,7-12H2,1-6H3. The van der Waals surface area contributed by atoms with E-state index < -0.39 is 0 Å². The van der Waals surface area contributed by atoms with Crippen LogP contribution in [0.5, 0.6) is 0 Å². The van der Waals surface area contributed by atoms with Crippen molar-refractivity contribution >= 4 is 0 Å². The Morgan fingerprint density at radius 3 is 2.56 bits per heavy atom. The molecule has 108 valence electrons. The van der Waals surface area contributed by atoms with Gasteiger partial charge in [-0.3, -0.25) is 0 Å². The van der Waals surface area contributed by atoms with Gasteiger partial charge in [-0.25, -0.2) is 0 Å².